The van der Waals surface area contributed by atoms with Crippen molar-refractivity contribution in [2.75, 3.05) is 14.1 Å². The predicted octanol–water partition coefficient (Wildman–Crippen LogP) is 5.76. The summed E-state index contributed by atoms with van der Waals surface area (Å²) in [6.45, 7) is 12.3. The van der Waals surface area contributed by atoms with Gasteiger partial charge in [-0.25, -0.2) is 4.72 Å². The summed E-state index contributed by atoms with van der Waals surface area (Å²) in [6.07, 6.45) is 6.91. The Morgan fingerprint density at radius 1 is 1.15 bits per heavy atom. The fourth-order valence-corrected chi connectivity index (χ4v) is 5.87. The van der Waals surface area contributed by atoms with Gasteiger partial charge in [0.1, 0.15) is 12.6 Å². The van der Waals surface area contributed by atoms with Gasteiger partial charge in [0, 0.05) is 22.4 Å². The molecule has 2 fully saturated rings. The second-order valence-corrected chi connectivity index (χ2v) is 12.2. The van der Waals surface area contributed by atoms with Crippen LogP contribution in [0, 0.1) is 23.2 Å². The number of fused-ring (bicyclic) bond motifs is 2. The minimum Gasteiger partial charge on any atom is -0.318 e. The maximum absolute atomic E-state index is 11.2. The second-order valence-electron chi connectivity index (χ2n) is 11.0. The molecule has 0 aliphatic heterocycles. The first-order valence-corrected chi connectivity index (χ1v) is 13.6. The molecule has 2 aliphatic rings. The summed E-state index contributed by atoms with van der Waals surface area (Å²) in [7, 11) is 4.01. The van der Waals surface area contributed by atoms with Gasteiger partial charge in [-0.15, -0.1) is 0 Å². The number of hydrogen-bond donors (Lipinski definition) is 3. The van der Waals surface area contributed by atoms with Gasteiger partial charge >= 0.3 is 0 Å². The van der Waals surface area contributed by atoms with E-state index in [9.17, 15) is 9.59 Å². The van der Waals surface area contributed by atoms with Crippen LogP contribution in [0.4, 0.5) is 0 Å². The van der Waals surface area contributed by atoms with Crippen molar-refractivity contribution in [1.29, 1.82) is 0 Å². The molecular weight excluding hydrogens is 466 g/mol. The van der Waals surface area contributed by atoms with Crippen molar-refractivity contribution in [3.8, 4) is 0 Å². The molecule has 194 valence electrons. The van der Waals surface area contributed by atoms with Crippen molar-refractivity contribution in [2.45, 2.75) is 89.7 Å². The molecule has 5 atom stereocenters. The number of nitrogens with one attached hydrogen (secondary N) is 3. The zero-order valence-electron chi connectivity index (χ0n) is 22.3. The Morgan fingerprint density at radius 3 is 2.26 bits per heavy atom. The van der Waals surface area contributed by atoms with Gasteiger partial charge in [0.2, 0.25) is 0 Å². The van der Waals surface area contributed by atoms with E-state index in [-0.39, 0.29) is 5.41 Å². The molecule has 0 spiro atoms. The van der Waals surface area contributed by atoms with Crippen molar-refractivity contribution >= 4 is 36.1 Å². The monoisotopic (exact) mass is 511 g/mol. The normalized spacial score (nSPS) is 28.2. The van der Waals surface area contributed by atoms with E-state index in [0.29, 0.717) is 23.0 Å². The highest BCUT2D eigenvalue weighted by atomic mass is 35.5. The minimum absolute atomic E-state index is 0.0389. The van der Waals surface area contributed by atoms with Crippen LogP contribution >= 0.6 is 23.5 Å². The van der Waals surface area contributed by atoms with Gasteiger partial charge in [-0.3, -0.25) is 0 Å². The third-order valence-corrected chi connectivity index (χ3v) is 8.34. The van der Waals surface area contributed by atoms with Gasteiger partial charge in [0.15, 0.2) is 0 Å². The first kappa shape index (κ1) is 31.1. The van der Waals surface area contributed by atoms with Crippen LogP contribution in [0.15, 0.2) is 29.2 Å². The van der Waals surface area contributed by atoms with Crippen molar-refractivity contribution in [2.24, 2.45) is 23.2 Å². The summed E-state index contributed by atoms with van der Waals surface area (Å²) in [5.74, 6) is 2.28. The number of benzene rings is 1. The Kier molecular flexibility index (Phi) is 13.4. The number of aldehydes is 2. The Labute approximate surface area is 217 Å². The quantitative estimate of drug-likeness (QED) is 0.319. The largest absolute Gasteiger partial charge is 0.318 e. The maximum atomic E-state index is 11.2. The van der Waals surface area contributed by atoms with Gasteiger partial charge in [-0.1, -0.05) is 51.4 Å². The molecule has 0 aromatic heterocycles. The SMILES string of the molecule is CC(C)(C=O)NSc1ccccc1Cl.CNC(C)C.CNC1C(C)CC2CC1CC(C)(C=O)C2. The van der Waals surface area contributed by atoms with Crippen LogP contribution in [0.5, 0.6) is 0 Å². The summed E-state index contributed by atoms with van der Waals surface area (Å²) < 4.78 is 3.03. The molecule has 5 nitrogen and oxygen atoms in total. The van der Waals surface area contributed by atoms with Crippen molar-refractivity contribution in [1.82, 2.24) is 15.4 Å². The maximum Gasteiger partial charge on any atom is 0.140 e. The molecule has 2 saturated carbocycles. The molecule has 1 aromatic rings. The molecule has 34 heavy (non-hydrogen) atoms. The van der Waals surface area contributed by atoms with E-state index in [1.54, 1.807) is 0 Å². The van der Waals surface area contributed by atoms with Gasteiger partial charge < -0.3 is 20.2 Å². The van der Waals surface area contributed by atoms with Gasteiger partial charge in [0.05, 0.1) is 10.6 Å². The van der Waals surface area contributed by atoms with E-state index in [1.807, 2.05) is 45.2 Å². The van der Waals surface area contributed by atoms with Crippen LogP contribution in [-0.4, -0.2) is 44.3 Å². The predicted molar refractivity (Wildman–Crippen MR) is 146 cm³/mol. The van der Waals surface area contributed by atoms with Crippen LogP contribution in [0.3, 0.4) is 0 Å². The molecule has 0 saturated heterocycles. The number of carbonyl (C=O) groups is 2. The lowest BCUT2D eigenvalue weighted by atomic mass is 9.58. The Morgan fingerprint density at radius 2 is 1.76 bits per heavy atom. The van der Waals surface area contributed by atoms with E-state index < -0.39 is 5.54 Å². The molecular formula is C27H46ClN3O2S. The highest BCUT2D eigenvalue weighted by Gasteiger charge is 2.44. The molecule has 3 rings (SSSR count). The average Bonchev–Trinajstić information content (AvgIpc) is 2.79. The molecule has 0 heterocycles. The minimum atomic E-state index is -0.538. The van der Waals surface area contributed by atoms with Crippen LogP contribution in [0.25, 0.3) is 0 Å². The van der Waals surface area contributed by atoms with Crippen LogP contribution in [0.2, 0.25) is 5.02 Å². The standard InChI is InChI=1S/C13H23NO.C10H12ClNOS.C4H11N/c1-9-4-10-5-11(12(9)14-3)7-13(2,6-10)8-15;1-10(2,7-13)12-14-9-6-4-3-5-8(9)11;1-4(2)5-3/h8-12,14H,4-7H2,1-3H3;3-7,12H,1-2H3;4-5H,1-3H3. The smallest absolute Gasteiger partial charge is 0.140 e. The van der Waals surface area contributed by atoms with Gasteiger partial charge in [-0.2, -0.15) is 0 Å². The molecule has 0 amide bonds. The highest BCUT2D eigenvalue weighted by Crippen LogP contribution is 2.49. The third-order valence-electron chi connectivity index (χ3n) is 6.70. The molecule has 2 aliphatic carbocycles. The van der Waals surface area contributed by atoms with Crippen LogP contribution < -0.4 is 15.4 Å². The van der Waals surface area contributed by atoms with Crippen molar-refractivity contribution in [3.05, 3.63) is 29.3 Å². The number of rotatable bonds is 7. The van der Waals surface area contributed by atoms with Crippen LogP contribution in [-0.2, 0) is 9.59 Å². The fourth-order valence-electron chi connectivity index (χ4n) is 4.88. The fraction of sp³-hybridized carbons (Fsp3) is 0.704. The van der Waals surface area contributed by atoms with Crippen molar-refractivity contribution < 1.29 is 9.59 Å². The lowest BCUT2D eigenvalue weighted by Gasteiger charge is -2.49. The second kappa shape index (κ2) is 14.6. The van der Waals surface area contributed by atoms with E-state index in [4.69, 9.17) is 11.6 Å². The molecule has 7 heteroatoms. The highest BCUT2D eigenvalue weighted by molar-refractivity contribution is 7.97. The Hall–Kier alpha value is -0.920. The number of hydrogen-bond acceptors (Lipinski definition) is 6. The van der Waals surface area contributed by atoms with Crippen LogP contribution in [0.1, 0.15) is 67.2 Å². The summed E-state index contributed by atoms with van der Waals surface area (Å²) in [4.78, 5) is 22.7. The topological polar surface area (TPSA) is 70.2 Å². The zero-order chi connectivity index (χ0) is 25.9. The van der Waals surface area contributed by atoms with E-state index in [2.05, 4.69) is 50.1 Å². The average molecular weight is 512 g/mol. The zero-order valence-corrected chi connectivity index (χ0v) is 23.9. The molecule has 0 radical (unpaired) electrons. The summed E-state index contributed by atoms with van der Waals surface area (Å²) >= 11 is 7.31. The van der Waals surface area contributed by atoms with E-state index in [0.717, 1.165) is 35.9 Å². The number of carbonyl (C=O) groups excluding carboxylic acids is 2. The van der Waals surface area contributed by atoms with Crippen molar-refractivity contribution in [3.63, 3.8) is 0 Å². The van der Waals surface area contributed by atoms with E-state index >= 15 is 0 Å². The summed E-state index contributed by atoms with van der Waals surface area (Å²) in [5.41, 5.74) is -0.577. The first-order valence-electron chi connectivity index (χ1n) is 12.4. The lowest BCUT2D eigenvalue weighted by molar-refractivity contribution is -0.120. The molecule has 3 N–H and O–H groups in total. The van der Waals surface area contributed by atoms with Gasteiger partial charge in [0.25, 0.3) is 0 Å². The molecule has 2 bridgehead atoms. The molecule has 5 unspecified atom stereocenters. The summed E-state index contributed by atoms with van der Waals surface area (Å²) in [5, 5.41) is 7.17. The first-order chi connectivity index (χ1) is 15.9. The van der Waals surface area contributed by atoms with Gasteiger partial charge in [-0.05, 0) is 95.5 Å². The lowest BCUT2D eigenvalue weighted by Crippen LogP contribution is -2.50. The summed E-state index contributed by atoms with van der Waals surface area (Å²) in [6, 6.07) is 8.76. The third kappa shape index (κ3) is 10.4. The Balaban J connectivity index is 0.000000286. The Bertz CT molecular complexity index is 759. The number of halogens is 1. The van der Waals surface area contributed by atoms with E-state index in [1.165, 1.54) is 31.1 Å². The molecule has 1 aromatic carbocycles.